The summed E-state index contributed by atoms with van der Waals surface area (Å²) in [6, 6.07) is 4.54. The summed E-state index contributed by atoms with van der Waals surface area (Å²) in [5.41, 5.74) is 1.79. The van der Waals surface area contributed by atoms with Crippen LogP contribution >= 0.6 is 12.6 Å². The number of carboxylic acids is 1. The summed E-state index contributed by atoms with van der Waals surface area (Å²) in [6.45, 7) is 5.44. The van der Waals surface area contributed by atoms with Gasteiger partial charge in [-0.2, -0.15) is 0 Å². The van der Waals surface area contributed by atoms with Crippen LogP contribution in [0.5, 0.6) is 0 Å². The standard InChI is InChI=1S/C22H24N4O4S/c1-4-14(9-19(27)28)26-21(29)15-10-24-6-5-17(15)25(22(26)30)11-16(23)20-13(3)7-12(2)8-18(20)31/h5-8,10,14,23,31H,4,9,11H2,1-3H3,(H,27,28). The first-order valence-electron chi connectivity index (χ1n) is 9.84. The molecule has 0 aliphatic rings. The van der Waals surface area contributed by atoms with E-state index < -0.39 is 23.3 Å². The largest absolute Gasteiger partial charge is 0.481 e. The number of rotatable bonds is 7. The van der Waals surface area contributed by atoms with E-state index in [9.17, 15) is 19.5 Å². The van der Waals surface area contributed by atoms with Gasteiger partial charge >= 0.3 is 11.7 Å². The Hall–Kier alpha value is -3.20. The van der Waals surface area contributed by atoms with Gasteiger partial charge in [0.25, 0.3) is 5.56 Å². The van der Waals surface area contributed by atoms with Gasteiger partial charge in [-0.15, -0.1) is 12.6 Å². The van der Waals surface area contributed by atoms with Crippen LogP contribution in [0.2, 0.25) is 0 Å². The van der Waals surface area contributed by atoms with E-state index in [2.05, 4.69) is 17.6 Å². The van der Waals surface area contributed by atoms with Crippen molar-refractivity contribution >= 4 is 35.2 Å². The number of benzene rings is 1. The minimum atomic E-state index is -1.10. The van der Waals surface area contributed by atoms with E-state index in [0.717, 1.165) is 15.7 Å². The van der Waals surface area contributed by atoms with Crippen molar-refractivity contribution < 1.29 is 9.90 Å². The molecule has 0 radical (unpaired) electrons. The third-order valence-corrected chi connectivity index (χ3v) is 5.65. The molecule has 2 heterocycles. The third-order valence-electron chi connectivity index (χ3n) is 5.30. The fourth-order valence-corrected chi connectivity index (χ4v) is 4.42. The SMILES string of the molecule is CCC(CC(=O)O)n1c(=O)c2cnccc2n(CC(=N)c2c(C)cc(C)cc2S)c1=O. The fourth-order valence-electron chi connectivity index (χ4n) is 3.91. The molecule has 0 aliphatic heterocycles. The number of nitrogens with one attached hydrogen (secondary N) is 1. The van der Waals surface area contributed by atoms with Crippen molar-refractivity contribution in [2.24, 2.45) is 0 Å². The van der Waals surface area contributed by atoms with Crippen molar-refractivity contribution in [2.45, 2.75) is 51.1 Å². The number of aromatic nitrogens is 3. The molecule has 0 saturated carbocycles. The van der Waals surface area contributed by atoms with Gasteiger partial charge in [0.1, 0.15) is 0 Å². The number of nitrogens with zero attached hydrogens (tertiary/aromatic N) is 3. The number of fused-ring (bicyclic) bond motifs is 1. The van der Waals surface area contributed by atoms with E-state index in [0.29, 0.717) is 22.4 Å². The van der Waals surface area contributed by atoms with E-state index in [1.807, 2.05) is 26.0 Å². The maximum Gasteiger partial charge on any atom is 0.332 e. The van der Waals surface area contributed by atoms with Crippen LogP contribution in [0.25, 0.3) is 10.9 Å². The highest BCUT2D eigenvalue weighted by Gasteiger charge is 2.22. The molecule has 2 N–H and O–H groups in total. The van der Waals surface area contributed by atoms with Gasteiger partial charge in [-0.05, 0) is 43.5 Å². The zero-order valence-electron chi connectivity index (χ0n) is 17.5. The Morgan fingerprint density at radius 1 is 1.29 bits per heavy atom. The quantitative estimate of drug-likeness (QED) is 0.386. The summed E-state index contributed by atoms with van der Waals surface area (Å²) in [5, 5.41) is 18.1. The van der Waals surface area contributed by atoms with Crippen molar-refractivity contribution in [1.29, 1.82) is 5.41 Å². The first-order chi connectivity index (χ1) is 14.6. The number of aliphatic carboxylic acids is 1. The highest BCUT2D eigenvalue weighted by molar-refractivity contribution is 7.80. The van der Waals surface area contributed by atoms with Crippen LogP contribution in [0.15, 0.2) is 45.1 Å². The van der Waals surface area contributed by atoms with Gasteiger partial charge < -0.3 is 10.5 Å². The number of thiol groups is 1. The van der Waals surface area contributed by atoms with Crippen molar-refractivity contribution in [3.63, 3.8) is 0 Å². The van der Waals surface area contributed by atoms with Crippen molar-refractivity contribution in [2.75, 3.05) is 0 Å². The summed E-state index contributed by atoms with van der Waals surface area (Å²) in [4.78, 5) is 42.3. The number of carbonyl (C=O) groups is 1. The van der Waals surface area contributed by atoms with E-state index in [-0.39, 0.29) is 24.1 Å². The summed E-state index contributed by atoms with van der Waals surface area (Å²) < 4.78 is 2.31. The molecular weight excluding hydrogens is 416 g/mol. The minimum absolute atomic E-state index is 0.0966. The molecule has 162 valence electrons. The molecule has 0 aliphatic carbocycles. The van der Waals surface area contributed by atoms with Crippen LogP contribution in [0.3, 0.4) is 0 Å². The summed E-state index contributed by atoms with van der Waals surface area (Å²) >= 11 is 4.51. The topological polar surface area (TPSA) is 118 Å². The molecule has 1 unspecified atom stereocenters. The summed E-state index contributed by atoms with van der Waals surface area (Å²) in [5.74, 6) is -1.10. The van der Waals surface area contributed by atoms with Gasteiger partial charge in [0.05, 0.1) is 35.6 Å². The molecule has 9 heteroatoms. The van der Waals surface area contributed by atoms with Gasteiger partial charge in [0.15, 0.2) is 0 Å². The minimum Gasteiger partial charge on any atom is -0.481 e. The summed E-state index contributed by atoms with van der Waals surface area (Å²) in [6.07, 6.45) is 2.78. The first-order valence-corrected chi connectivity index (χ1v) is 10.3. The second-order valence-electron chi connectivity index (χ2n) is 7.55. The van der Waals surface area contributed by atoms with E-state index in [1.165, 1.54) is 17.0 Å². The average molecular weight is 441 g/mol. The number of hydrogen-bond acceptors (Lipinski definition) is 6. The molecule has 3 aromatic rings. The molecule has 0 saturated heterocycles. The maximum absolute atomic E-state index is 13.4. The Labute approximate surface area is 184 Å². The summed E-state index contributed by atoms with van der Waals surface area (Å²) in [7, 11) is 0. The Kier molecular flexibility index (Phi) is 6.45. The number of carboxylic acid groups (broad SMARTS) is 1. The van der Waals surface area contributed by atoms with Gasteiger partial charge in [-0.25, -0.2) is 4.79 Å². The molecule has 1 atom stereocenters. The number of aryl methyl sites for hydroxylation is 2. The van der Waals surface area contributed by atoms with Crippen LogP contribution in [0.1, 0.15) is 42.5 Å². The highest BCUT2D eigenvalue weighted by Crippen LogP contribution is 2.22. The molecule has 2 aromatic heterocycles. The molecule has 8 nitrogen and oxygen atoms in total. The smallest absolute Gasteiger partial charge is 0.332 e. The molecule has 3 rings (SSSR count). The zero-order chi connectivity index (χ0) is 22.9. The lowest BCUT2D eigenvalue weighted by molar-refractivity contribution is -0.138. The fraction of sp³-hybridized carbons (Fsp3) is 0.318. The molecule has 0 bridgehead atoms. The Balaban J connectivity index is 2.23. The van der Waals surface area contributed by atoms with Crippen molar-refractivity contribution in [3.05, 3.63) is 68.1 Å². The van der Waals surface area contributed by atoms with Gasteiger partial charge in [0, 0.05) is 22.9 Å². The zero-order valence-corrected chi connectivity index (χ0v) is 18.4. The van der Waals surface area contributed by atoms with Gasteiger partial charge in [-0.1, -0.05) is 13.0 Å². The van der Waals surface area contributed by atoms with Crippen LogP contribution in [0, 0.1) is 19.3 Å². The maximum atomic E-state index is 13.4. The monoisotopic (exact) mass is 440 g/mol. The molecule has 0 amide bonds. The predicted molar refractivity (Wildman–Crippen MR) is 122 cm³/mol. The van der Waals surface area contributed by atoms with Crippen LogP contribution in [-0.4, -0.2) is 30.9 Å². The first kappa shape index (κ1) is 22.5. The predicted octanol–water partition coefficient (Wildman–Crippen LogP) is 2.96. The van der Waals surface area contributed by atoms with Crippen molar-refractivity contribution in [1.82, 2.24) is 14.1 Å². The lowest BCUT2D eigenvalue weighted by Crippen LogP contribution is -2.43. The van der Waals surface area contributed by atoms with Crippen LogP contribution in [-0.2, 0) is 11.3 Å². The Morgan fingerprint density at radius 3 is 2.61 bits per heavy atom. The second-order valence-corrected chi connectivity index (χ2v) is 8.03. The lowest BCUT2D eigenvalue weighted by atomic mass is 10.0. The molecule has 1 aromatic carbocycles. The second kappa shape index (κ2) is 8.89. The molecule has 0 spiro atoms. The number of pyridine rings is 1. The highest BCUT2D eigenvalue weighted by atomic mass is 32.1. The Morgan fingerprint density at radius 2 is 2.00 bits per heavy atom. The number of hydrogen-bond donors (Lipinski definition) is 3. The van der Waals surface area contributed by atoms with Crippen LogP contribution in [0.4, 0.5) is 0 Å². The van der Waals surface area contributed by atoms with Crippen molar-refractivity contribution in [3.8, 4) is 0 Å². The molecule has 31 heavy (non-hydrogen) atoms. The normalized spacial score (nSPS) is 12.1. The van der Waals surface area contributed by atoms with E-state index in [4.69, 9.17) is 5.41 Å². The third kappa shape index (κ3) is 4.32. The van der Waals surface area contributed by atoms with E-state index in [1.54, 1.807) is 13.0 Å². The Bertz CT molecular complexity index is 1290. The van der Waals surface area contributed by atoms with Gasteiger partial charge in [-0.3, -0.25) is 23.7 Å². The average Bonchev–Trinajstić information content (AvgIpc) is 2.69. The van der Waals surface area contributed by atoms with Crippen LogP contribution < -0.4 is 11.2 Å². The molecule has 0 fully saturated rings. The molecular formula is C22H24N4O4S. The van der Waals surface area contributed by atoms with Gasteiger partial charge in [0.2, 0.25) is 0 Å². The van der Waals surface area contributed by atoms with E-state index >= 15 is 0 Å². The lowest BCUT2D eigenvalue weighted by Gasteiger charge is -2.20.